The monoisotopic (exact) mass is 264 g/mol. The fourth-order valence-corrected chi connectivity index (χ4v) is 1.83. The second kappa shape index (κ2) is 6.87. The molecule has 0 radical (unpaired) electrons. The van der Waals surface area contributed by atoms with Crippen molar-refractivity contribution >= 4 is 11.9 Å². The van der Waals surface area contributed by atoms with Crippen molar-refractivity contribution in [3.63, 3.8) is 0 Å². The average molecular weight is 264 g/mol. The van der Waals surface area contributed by atoms with Crippen LogP contribution in [-0.2, 0) is 9.53 Å². The van der Waals surface area contributed by atoms with E-state index in [1.54, 1.807) is 19.1 Å². The van der Waals surface area contributed by atoms with Crippen molar-refractivity contribution in [1.29, 1.82) is 0 Å². The summed E-state index contributed by atoms with van der Waals surface area (Å²) >= 11 is 0. The minimum atomic E-state index is -0.417. The lowest BCUT2D eigenvalue weighted by atomic mass is 10.1. The van der Waals surface area contributed by atoms with Crippen LogP contribution in [0.25, 0.3) is 0 Å². The summed E-state index contributed by atoms with van der Waals surface area (Å²) in [6.45, 7) is 6.11. The molecule has 1 amide bonds. The number of amides is 1. The van der Waals surface area contributed by atoms with Crippen LogP contribution in [0.2, 0.25) is 0 Å². The molecule has 1 rings (SSSR count). The van der Waals surface area contributed by atoms with E-state index in [0.29, 0.717) is 17.8 Å². The molecule has 0 saturated carbocycles. The van der Waals surface area contributed by atoms with Crippen LogP contribution in [0, 0.1) is 13.8 Å². The van der Waals surface area contributed by atoms with E-state index in [2.05, 4.69) is 9.72 Å². The molecule has 0 fully saturated rings. The van der Waals surface area contributed by atoms with Crippen molar-refractivity contribution < 1.29 is 14.3 Å². The maximum absolute atomic E-state index is 12.4. The maximum atomic E-state index is 12.4. The SMILES string of the molecule is CCCN(CC(=O)OC)C(=O)c1ccc(C)nc1C. The molecule has 0 unspecified atom stereocenters. The summed E-state index contributed by atoms with van der Waals surface area (Å²) in [6, 6.07) is 3.54. The van der Waals surface area contributed by atoms with Gasteiger partial charge in [0.25, 0.3) is 5.91 Å². The van der Waals surface area contributed by atoms with Gasteiger partial charge in [-0.05, 0) is 32.4 Å². The highest BCUT2D eigenvalue weighted by Gasteiger charge is 2.20. The summed E-state index contributed by atoms with van der Waals surface area (Å²) in [5, 5.41) is 0. The van der Waals surface area contributed by atoms with Crippen molar-refractivity contribution in [2.75, 3.05) is 20.2 Å². The third-order valence-corrected chi connectivity index (χ3v) is 2.78. The number of rotatable bonds is 5. The third-order valence-electron chi connectivity index (χ3n) is 2.78. The van der Waals surface area contributed by atoms with Gasteiger partial charge >= 0.3 is 5.97 Å². The number of methoxy groups -OCH3 is 1. The zero-order chi connectivity index (χ0) is 14.4. The number of carbonyl (C=O) groups excluding carboxylic acids is 2. The number of hydrogen-bond acceptors (Lipinski definition) is 4. The number of carbonyl (C=O) groups is 2. The first kappa shape index (κ1) is 15.1. The molecule has 1 aromatic rings. The van der Waals surface area contributed by atoms with Gasteiger partial charge in [-0.2, -0.15) is 0 Å². The van der Waals surface area contributed by atoms with Gasteiger partial charge in [0, 0.05) is 12.2 Å². The fourth-order valence-electron chi connectivity index (χ4n) is 1.83. The molecule has 0 aliphatic rings. The van der Waals surface area contributed by atoms with Gasteiger partial charge in [-0.25, -0.2) is 0 Å². The highest BCUT2D eigenvalue weighted by Crippen LogP contribution is 2.10. The largest absolute Gasteiger partial charge is 0.468 e. The smallest absolute Gasteiger partial charge is 0.325 e. The summed E-state index contributed by atoms with van der Waals surface area (Å²) in [5.74, 6) is -0.600. The van der Waals surface area contributed by atoms with Crippen molar-refractivity contribution in [1.82, 2.24) is 9.88 Å². The molecule has 0 aliphatic carbocycles. The number of nitrogens with zero attached hydrogens (tertiary/aromatic N) is 2. The Bertz CT molecular complexity index is 472. The molecule has 104 valence electrons. The number of aryl methyl sites for hydroxylation is 2. The molecule has 5 heteroatoms. The second-order valence-corrected chi connectivity index (χ2v) is 4.39. The van der Waals surface area contributed by atoms with Gasteiger partial charge in [0.15, 0.2) is 0 Å². The Morgan fingerprint density at radius 3 is 2.53 bits per heavy atom. The number of hydrogen-bond donors (Lipinski definition) is 0. The summed E-state index contributed by atoms with van der Waals surface area (Å²) in [7, 11) is 1.32. The van der Waals surface area contributed by atoms with E-state index in [0.717, 1.165) is 12.1 Å². The van der Waals surface area contributed by atoms with Gasteiger partial charge < -0.3 is 9.64 Å². The van der Waals surface area contributed by atoms with E-state index >= 15 is 0 Å². The molecule has 0 atom stereocenters. The fraction of sp³-hybridized carbons (Fsp3) is 0.500. The molecule has 0 spiro atoms. The lowest BCUT2D eigenvalue weighted by Crippen LogP contribution is -2.37. The Balaban J connectivity index is 2.95. The normalized spacial score (nSPS) is 10.1. The second-order valence-electron chi connectivity index (χ2n) is 4.39. The molecular weight excluding hydrogens is 244 g/mol. The van der Waals surface area contributed by atoms with Crippen LogP contribution in [0.4, 0.5) is 0 Å². The molecule has 19 heavy (non-hydrogen) atoms. The zero-order valence-corrected chi connectivity index (χ0v) is 11.9. The first-order chi connectivity index (χ1) is 8.99. The lowest BCUT2D eigenvalue weighted by molar-refractivity contribution is -0.141. The number of aromatic nitrogens is 1. The van der Waals surface area contributed by atoms with Crippen LogP contribution in [0.1, 0.15) is 35.1 Å². The Morgan fingerprint density at radius 1 is 1.32 bits per heavy atom. The number of esters is 1. The Labute approximate surface area is 113 Å². The highest BCUT2D eigenvalue weighted by atomic mass is 16.5. The molecule has 0 aromatic carbocycles. The van der Waals surface area contributed by atoms with Crippen LogP contribution in [0.5, 0.6) is 0 Å². The molecule has 1 heterocycles. The van der Waals surface area contributed by atoms with Gasteiger partial charge in [-0.1, -0.05) is 6.92 Å². The highest BCUT2D eigenvalue weighted by molar-refractivity contribution is 5.96. The summed E-state index contributed by atoms with van der Waals surface area (Å²) in [4.78, 5) is 29.5. The average Bonchev–Trinajstić information content (AvgIpc) is 2.37. The van der Waals surface area contributed by atoms with Gasteiger partial charge in [-0.3, -0.25) is 14.6 Å². The number of ether oxygens (including phenoxy) is 1. The standard InChI is InChI=1S/C14H20N2O3/c1-5-8-16(9-13(17)19-4)14(18)12-7-6-10(2)15-11(12)3/h6-7H,5,8-9H2,1-4H3. The maximum Gasteiger partial charge on any atom is 0.325 e. The van der Waals surface area contributed by atoms with E-state index in [-0.39, 0.29) is 12.5 Å². The van der Waals surface area contributed by atoms with E-state index in [1.807, 2.05) is 13.8 Å². The molecule has 1 aromatic heterocycles. The molecule has 0 N–H and O–H groups in total. The number of pyridine rings is 1. The van der Waals surface area contributed by atoms with Crippen LogP contribution in [0.3, 0.4) is 0 Å². The van der Waals surface area contributed by atoms with Crippen molar-refractivity contribution in [3.05, 3.63) is 29.1 Å². The van der Waals surface area contributed by atoms with Gasteiger partial charge in [0.05, 0.1) is 18.4 Å². The predicted octanol–water partition coefficient (Wildman–Crippen LogP) is 1.72. The van der Waals surface area contributed by atoms with Crippen molar-refractivity contribution in [2.45, 2.75) is 27.2 Å². The van der Waals surface area contributed by atoms with E-state index < -0.39 is 5.97 Å². The summed E-state index contributed by atoms with van der Waals surface area (Å²) < 4.78 is 4.61. The Kier molecular flexibility index (Phi) is 5.48. The third kappa shape index (κ3) is 4.05. The van der Waals surface area contributed by atoms with Crippen LogP contribution in [-0.4, -0.2) is 42.0 Å². The van der Waals surface area contributed by atoms with Crippen molar-refractivity contribution in [2.24, 2.45) is 0 Å². The summed E-state index contributed by atoms with van der Waals surface area (Å²) in [5.41, 5.74) is 2.07. The van der Waals surface area contributed by atoms with Gasteiger partial charge in [0.1, 0.15) is 6.54 Å². The van der Waals surface area contributed by atoms with E-state index in [9.17, 15) is 9.59 Å². The van der Waals surface area contributed by atoms with Gasteiger partial charge in [-0.15, -0.1) is 0 Å². The minimum absolute atomic E-state index is 0.0313. The lowest BCUT2D eigenvalue weighted by Gasteiger charge is -2.21. The molecule has 0 saturated heterocycles. The van der Waals surface area contributed by atoms with Crippen LogP contribution < -0.4 is 0 Å². The quantitative estimate of drug-likeness (QED) is 0.760. The predicted molar refractivity (Wildman–Crippen MR) is 71.9 cm³/mol. The first-order valence-corrected chi connectivity index (χ1v) is 6.30. The van der Waals surface area contributed by atoms with Crippen LogP contribution in [0.15, 0.2) is 12.1 Å². The topological polar surface area (TPSA) is 59.5 Å². The Morgan fingerprint density at radius 2 is 2.00 bits per heavy atom. The minimum Gasteiger partial charge on any atom is -0.468 e. The molecule has 0 bridgehead atoms. The summed E-state index contributed by atoms with van der Waals surface area (Å²) in [6.07, 6.45) is 0.779. The Hall–Kier alpha value is -1.91. The zero-order valence-electron chi connectivity index (χ0n) is 11.9. The van der Waals surface area contributed by atoms with E-state index in [1.165, 1.54) is 12.0 Å². The van der Waals surface area contributed by atoms with E-state index in [4.69, 9.17) is 0 Å². The first-order valence-electron chi connectivity index (χ1n) is 6.30. The van der Waals surface area contributed by atoms with Crippen LogP contribution >= 0.6 is 0 Å². The van der Waals surface area contributed by atoms with Gasteiger partial charge in [0.2, 0.25) is 0 Å². The molecular formula is C14H20N2O3. The molecule has 5 nitrogen and oxygen atoms in total. The van der Waals surface area contributed by atoms with Crippen molar-refractivity contribution in [3.8, 4) is 0 Å². The molecule has 0 aliphatic heterocycles.